The molecule has 1 heterocycles. The quantitative estimate of drug-likeness (QED) is 0.592. The molecule has 1 unspecified atom stereocenters. The van der Waals surface area contributed by atoms with Crippen molar-refractivity contribution in [1.29, 1.82) is 0 Å². The Bertz CT molecular complexity index is 1010. The lowest BCUT2D eigenvalue weighted by Gasteiger charge is -2.29. The third-order valence-corrected chi connectivity index (χ3v) is 8.58. The zero-order chi connectivity index (χ0) is 25.4. The number of nitrogens with one attached hydrogen (secondary N) is 1. The van der Waals surface area contributed by atoms with Gasteiger partial charge in [-0.2, -0.15) is 17.5 Å². The normalized spacial score (nSPS) is 24.1. The Balaban J connectivity index is 1.70. The van der Waals surface area contributed by atoms with Gasteiger partial charge in [-0.15, -0.1) is 0 Å². The average Bonchev–Trinajstić information content (AvgIpc) is 3.33. The first kappa shape index (κ1) is 26.3. The number of hydrogen-bond acceptors (Lipinski definition) is 4. The van der Waals surface area contributed by atoms with Crippen LogP contribution in [0.15, 0.2) is 29.2 Å². The van der Waals surface area contributed by atoms with Crippen LogP contribution >= 0.6 is 0 Å². The fourth-order valence-corrected chi connectivity index (χ4v) is 6.40. The van der Waals surface area contributed by atoms with Gasteiger partial charge < -0.3 is 10.4 Å². The number of benzene rings is 1. The van der Waals surface area contributed by atoms with Crippen LogP contribution in [0.5, 0.6) is 0 Å². The van der Waals surface area contributed by atoms with Gasteiger partial charge in [-0.1, -0.05) is 13.8 Å². The maximum atomic E-state index is 13.0. The van der Waals surface area contributed by atoms with Gasteiger partial charge >= 0.3 is 12.3 Å². The topological polar surface area (TPSA) is 107 Å². The Labute approximate surface area is 197 Å². The molecule has 1 aliphatic carbocycles. The van der Waals surface area contributed by atoms with Gasteiger partial charge in [-0.25, -0.2) is 13.2 Å². The predicted molar refractivity (Wildman–Crippen MR) is 117 cm³/mol. The van der Waals surface area contributed by atoms with Crippen molar-refractivity contribution in [2.45, 2.75) is 56.3 Å². The van der Waals surface area contributed by atoms with Crippen LogP contribution in [0.1, 0.15) is 38.7 Å². The van der Waals surface area contributed by atoms with Crippen molar-refractivity contribution in [3.05, 3.63) is 29.8 Å². The average molecular weight is 506 g/mol. The molecule has 4 atom stereocenters. The largest absolute Gasteiger partial charge is 0.465 e. The second-order valence-corrected chi connectivity index (χ2v) is 11.4. The number of carboxylic acid groups (broad SMARTS) is 1. The summed E-state index contributed by atoms with van der Waals surface area (Å²) in [6.07, 6.45) is -4.07. The van der Waals surface area contributed by atoms with Gasteiger partial charge in [0.1, 0.15) is 6.04 Å². The maximum Gasteiger partial charge on any atom is 0.416 e. The van der Waals surface area contributed by atoms with Crippen molar-refractivity contribution < 1.29 is 36.3 Å². The van der Waals surface area contributed by atoms with Crippen LogP contribution in [0.2, 0.25) is 0 Å². The van der Waals surface area contributed by atoms with Crippen LogP contribution < -0.4 is 5.32 Å². The number of halogens is 3. The minimum Gasteiger partial charge on any atom is -0.465 e. The van der Waals surface area contributed by atoms with Crippen molar-refractivity contribution in [2.75, 3.05) is 20.1 Å². The van der Waals surface area contributed by atoms with Crippen molar-refractivity contribution in [3.8, 4) is 0 Å². The number of hydrogen-bond donors (Lipinski definition) is 2. The number of carbonyl (C=O) groups excluding carboxylic acids is 1. The summed E-state index contributed by atoms with van der Waals surface area (Å²) < 4.78 is 65.8. The minimum absolute atomic E-state index is 0.00951. The third kappa shape index (κ3) is 5.48. The van der Waals surface area contributed by atoms with Gasteiger partial charge in [0.2, 0.25) is 15.9 Å². The van der Waals surface area contributed by atoms with E-state index < -0.39 is 39.8 Å². The summed E-state index contributed by atoms with van der Waals surface area (Å²) in [5.74, 6) is -0.462. The van der Waals surface area contributed by atoms with E-state index in [1.165, 1.54) is 11.4 Å². The Hall–Kier alpha value is -2.34. The zero-order valence-corrected chi connectivity index (χ0v) is 20.1. The second kappa shape index (κ2) is 9.73. The highest BCUT2D eigenvalue weighted by molar-refractivity contribution is 7.89. The molecule has 2 aliphatic rings. The van der Waals surface area contributed by atoms with Crippen LogP contribution in [0, 0.1) is 17.8 Å². The fraction of sp³-hybridized carbons (Fsp3) is 0.636. The molecule has 2 amide bonds. The monoisotopic (exact) mass is 505 g/mol. The lowest BCUT2D eigenvalue weighted by molar-refractivity contribution is -0.137. The SMILES string of the molecule is CC(C)CC(C(=O)N[C@H]1CC[C@H]2CN(S(=O)(=O)c3ccc(C(F)(F)F)cc3)C[C@H]21)N(C)C(=O)O. The third-order valence-electron chi connectivity index (χ3n) is 6.74. The molecule has 1 saturated heterocycles. The van der Waals surface area contributed by atoms with E-state index in [1.807, 2.05) is 13.8 Å². The highest BCUT2D eigenvalue weighted by atomic mass is 32.2. The van der Waals surface area contributed by atoms with Gasteiger partial charge in [0.05, 0.1) is 10.5 Å². The number of rotatable bonds is 7. The molecule has 3 rings (SSSR count). The molecule has 1 aromatic rings. The van der Waals surface area contributed by atoms with Gasteiger partial charge in [-0.3, -0.25) is 9.69 Å². The number of carbonyl (C=O) groups is 2. The van der Waals surface area contributed by atoms with E-state index in [9.17, 15) is 36.3 Å². The number of likely N-dealkylation sites (N-methyl/N-ethyl adjacent to an activating group) is 1. The zero-order valence-electron chi connectivity index (χ0n) is 19.2. The molecule has 190 valence electrons. The van der Waals surface area contributed by atoms with Crippen LogP contribution in [0.25, 0.3) is 0 Å². The molecule has 1 saturated carbocycles. The predicted octanol–water partition coefficient (Wildman–Crippen LogP) is 3.25. The van der Waals surface area contributed by atoms with Crippen molar-refractivity contribution in [2.24, 2.45) is 17.8 Å². The van der Waals surface area contributed by atoms with Gasteiger partial charge in [0.15, 0.2) is 0 Å². The van der Waals surface area contributed by atoms with Gasteiger partial charge in [0.25, 0.3) is 0 Å². The van der Waals surface area contributed by atoms with Crippen LogP contribution in [0.4, 0.5) is 18.0 Å². The minimum atomic E-state index is -4.56. The highest BCUT2D eigenvalue weighted by Crippen LogP contribution is 2.40. The molecule has 2 fully saturated rings. The van der Waals surface area contributed by atoms with Gasteiger partial charge in [-0.05, 0) is 61.3 Å². The molecule has 2 N–H and O–H groups in total. The standard InChI is InChI=1S/C22H30F3N3O5S/c1-13(2)10-19(27(3)21(30)31)20(29)26-18-9-4-14-11-28(12-17(14)18)34(32,33)16-7-5-15(6-8-16)22(23,24)25/h5-8,13-14,17-19H,4,9-12H2,1-3H3,(H,26,29)(H,30,31)/t14-,17+,18-,19?/m0/s1. The van der Waals surface area contributed by atoms with E-state index in [1.54, 1.807) is 0 Å². The Morgan fingerprint density at radius 2 is 1.79 bits per heavy atom. The van der Waals surface area contributed by atoms with E-state index >= 15 is 0 Å². The summed E-state index contributed by atoms with van der Waals surface area (Å²) in [7, 11) is -2.64. The first-order chi connectivity index (χ1) is 15.7. The summed E-state index contributed by atoms with van der Waals surface area (Å²) in [5, 5.41) is 12.3. The summed E-state index contributed by atoms with van der Waals surface area (Å²) in [5.41, 5.74) is -0.921. The number of fused-ring (bicyclic) bond motifs is 1. The van der Waals surface area contributed by atoms with E-state index in [-0.39, 0.29) is 41.8 Å². The van der Waals surface area contributed by atoms with E-state index in [0.717, 1.165) is 29.2 Å². The lowest BCUT2D eigenvalue weighted by Crippen LogP contribution is -2.51. The summed E-state index contributed by atoms with van der Waals surface area (Å²) >= 11 is 0. The molecule has 12 heteroatoms. The molecule has 0 spiro atoms. The van der Waals surface area contributed by atoms with E-state index in [4.69, 9.17) is 0 Å². The van der Waals surface area contributed by atoms with Crippen molar-refractivity contribution in [1.82, 2.24) is 14.5 Å². The smallest absolute Gasteiger partial charge is 0.416 e. The van der Waals surface area contributed by atoms with Crippen molar-refractivity contribution >= 4 is 22.0 Å². The number of nitrogens with zero attached hydrogens (tertiary/aromatic N) is 2. The molecule has 1 aromatic carbocycles. The second-order valence-electron chi connectivity index (χ2n) is 9.50. The molecule has 0 bridgehead atoms. The van der Waals surface area contributed by atoms with Crippen LogP contribution in [-0.4, -0.2) is 67.0 Å². The summed E-state index contributed by atoms with van der Waals surface area (Å²) in [6, 6.07) is 2.27. The fourth-order valence-electron chi connectivity index (χ4n) is 4.86. The Kier molecular flexibility index (Phi) is 7.51. The van der Waals surface area contributed by atoms with Crippen LogP contribution in [-0.2, 0) is 21.0 Å². The molecular formula is C22H30F3N3O5S. The van der Waals surface area contributed by atoms with Gasteiger partial charge in [0, 0.05) is 26.2 Å². The molecule has 0 radical (unpaired) electrons. The molecule has 0 aromatic heterocycles. The number of amides is 2. The number of sulfonamides is 1. The summed E-state index contributed by atoms with van der Waals surface area (Å²) in [6.45, 7) is 4.15. The lowest BCUT2D eigenvalue weighted by atomic mass is 9.96. The first-order valence-electron chi connectivity index (χ1n) is 11.1. The van der Waals surface area contributed by atoms with Crippen molar-refractivity contribution in [3.63, 3.8) is 0 Å². The van der Waals surface area contributed by atoms with Crippen LogP contribution in [0.3, 0.4) is 0 Å². The molecular weight excluding hydrogens is 475 g/mol. The first-order valence-corrected chi connectivity index (χ1v) is 12.6. The highest BCUT2D eigenvalue weighted by Gasteiger charge is 2.47. The Morgan fingerprint density at radius 1 is 1.18 bits per heavy atom. The van der Waals surface area contributed by atoms with E-state index in [2.05, 4.69) is 5.32 Å². The van der Waals surface area contributed by atoms with E-state index in [0.29, 0.717) is 19.3 Å². The number of alkyl halides is 3. The summed E-state index contributed by atoms with van der Waals surface area (Å²) in [4.78, 5) is 25.1. The maximum absolute atomic E-state index is 13.0. The Morgan fingerprint density at radius 3 is 2.32 bits per heavy atom. The molecule has 34 heavy (non-hydrogen) atoms. The molecule has 8 nitrogen and oxygen atoms in total. The molecule has 1 aliphatic heterocycles.